The number of imidazole rings is 1. The second-order valence-corrected chi connectivity index (χ2v) is 4.90. The second-order valence-electron chi connectivity index (χ2n) is 4.90. The molecule has 1 aromatic carbocycles. The SMILES string of the molecule is Cn1ccnc1CCC(NN)c1coc2ccccc12. The molecule has 3 rings (SSSR count). The van der Waals surface area contributed by atoms with Gasteiger partial charge in [0.05, 0.1) is 12.3 Å². The number of furan rings is 1. The lowest BCUT2D eigenvalue weighted by Gasteiger charge is -2.14. The molecule has 5 heteroatoms. The van der Waals surface area contributed by atoms with Gasteiger partial charge in [-0.25, -0.2) is 4.98 Å². The number of para-hydroxylation sites is 1. The molecule has 5 nitrogen and oxygen atoms in total. The van der Waals surface area contributed by atoms with Gasteiger partial charge in [0.25, 0.3) is 0 Å². The maximum Gasteiger partial charge on any atom is 0.134 e. The number of hydrogen-bond donors (Lipinski definition) is 2. The summed E-state index contributed by atoms with van der Waals surface area (Å²) in [5.74, 6) is 6.77. The summed E-state index contributed by atoms with van der Waals surface area (Å²) in [5.41, 5.74) is 4.86. The van der Waals surface area contributed by atoms with Crippen LogP contribution < -0.4 is 11.3 Å². The average molecular weight is 270 g/mol. The molecule has 2 aromatic heterocycles. The molecule has 0 bridgehead atoms. The smallest absolute Gasteiger partial charge is 0.134 e. The first-order valence-electron chi connectivity index (χ1n) is 6.68. The van der Waals surface area contributed by atoms with E-state index in [-0.39, 0.29) is 6.04 Å². The van der Waals surface area contributed by atoms with E-state index in [0.717, 1.165) is 35.2 Å². The largest absolute Gasteiger partial charge is 0.464 e. The fraction of sp³-hybridized carbons (Fsp3) is 0.267. The zero-order valence-electron chi connectivity index (χ0n) is 11.4. The van der Waals surface area contributed by atoms with Crippen molar-refractivity contribution in [2.75, 3.05) is 0 Å². The Morgan fingerprint density at radius 3 is 3.00 bits per heavy atom. The average Bonchev–Trinajstić information content (AvgIpc) is 3.07. The summed E-state index contributed by atoms with van der Waals surface area (Å²) in [7, 11) is 2.00. The molecule has 0 aliphatic heterocycles. The van der Waals surface area contributed by atoms with Crippen molar-refractivity contribution in [3.05, 3.63) is 54.3 Å². The summed E-state index contributed by atoms with van der Waals surface area (Å²) in [4.78, 5) is 4.34. The first kappa shape index (κ1) is 12.9. The molecule has 104 valence electrons. The van der Waals surface area contributed by atoms with Crippen LogP contribution in [0.1, 0.15) is 23.9 Å². The number of benzene rings is 1. The molecule has 0 fully saturated rings. The maximum absolute atomic E-state index is 5.71. The lowest BCUT2D eigenvalue weighted by atomic mass is 10.0. The monoisotopic (exact) mass is 270 g/mol. The summed E-state index contributed by atoms with van der Waals surface area (Å²) in [5, 5.41) is 1.11. The van der Waals surface area contributed by atoms with Gasteiger partial charge in [-0.3, -0.25) is 11.3 Å². The summed E-state index contributed by atoms with van der Waals surface area (Å²) >= 11 is 0. The number of fused-ring (bicyclic) bond motifs is 1. The highest BCUT2D eigenvalue weighted by Crippen LogP contribution is 2.28. The molecular formula is C15H18N4O. The van der Waals surface area contributed by atoms with Crippen LogP contribution in [0.5, 0.6) is 0 Å². The van der Waals surface area contributed by atoms with Gasteiger partial charge in [-0.2, -0.15) is 0 Å². The molecule has 3 aromatic rings. The molecule has 0 aliphatic rings. The van der Waals surface area contributed by atoms with E-state index in [1.807, 2.05) is 42.2 Å². The molecule has 1 atom stereocenters. The molecule has 3 N–H and O–H groups in total. The van der Waals surface area contributed by atoms with Crippen LogP contribution in [0, 0.1) is 0 Å². The Balaban J connectivity index is 1.81. The van der Waals surface area contributed by atoms with Gasteiger partial charge < -0.3 is 8.98 Å². The summed E-state index contributed by atoms with van der Waals surface area (Å²) in [6.45, 7) is 0. The molecule has 0 saturated carbocycles. The fourth-order valence-electron chi connectivity index (χ4n) is 2.51. The first-order valence-corrected chi connectivity index (χ1v) is 6.68. The van der Waals surface area contributed by atoms with Crippen molar-refractivity contribution in [3.63, 3.8) is 0 Å². The van der Waals surface area contributed by atoms with Crippen LogP contribution in [0.3, 0.4) is 0 Å². The minimum atomic E-state index is 0.0512. The van der Waals surface area contributed by atoms with E-state index >= 15 is 0 Å². The predicted molar refractivity (Wildman–Crippen MR) is 77.8 cm³/mol. The molecule has 1 unspecified atom stereocenters. The van der Waals surface area contributed by atoms with E-state index in [2.05, 4.69) is 16.5 Å². The highest BCUT2D eigenvalue weighted by Gasteiger charge is 2.16. The highest BCUT2D eigenvalue weighted by molar-refractivity contribution is 5.81. The summed E-state index contributed by atoms with van der Waals surface area (Å²) < 4.78 is 7.61. The molecule has 0 saturated heterocycles. The summed E-state index contributed by atoms with van der Waals surface area (Å²) in [6.07, 6.45) is 7.28. The lowest BCUT2D eigenvalue weighted by molar-refractivity contribution is 0.499. The van der Waals surface area contributed by atoms with Crippen LogP contribution in [0.25, 0.3) is 11.0 Å². The van der Waals surface area contributed by atoms with Gasteiger partial charge in [-0.15, -0.1) is 0 Å². The van der Waals surface area contributed by atoms with Gasteiger partial charge >= 0.3 is 0 Å². The number of hydrazine groups is 1. The standard InChI is InChI=1S/C15H18N4O/c1-19-9-8-17-15(19)7-6-13(18-16)12-10-20-14-5-3-2-4-11(12)14/h2-5,8-10,13,18H,6-7,16H2,1H3. The van der Waals surface area contributed by atoms with E-state index in [9.17, 15) is 0 Å². The third kappa shape index (κ3) is 2.33. The van der Waals surface area contributed by atoms with Gasteiger partial charge in [0, 0.05) is 36.8 Å². The Morgan fingerprint density at radius 1 is 1.40 bits per heavy atom. The predicted octanol–water partition coefficient (Wildman–Crippen LogP) is 2.30. The van der Waals surface area contributed by atoms with E-state index in [4.69, 9.17) is 10.3 Å². The van der Waals surface area contributed by atoms with Crippen LogP contribution >= 0.6 is 0 Å². The normalized spacial score (nSPS) is 12.9. The molecule has 0 radical (unpaired) electrons. The van der Waals surface area contributed by atoms with Gasteiger partial charge in [0.15, 0.2) is 0 Å². The zero-order valence-corrected chi connectivity index (χ0v) is 11.4. The van der Waals surface area contributed by atoms with Crippen LogP contribution in [-0.4, -0.2) is 9.55 Å². The fourth-order valence-corrected chi connectivity index (χ4v) is 2.51. The minimum absolute atomic E-state index is 0.0512. The maximum atomic E-state index is 5.71. The Labute approximate surface area is 117 Å². The van der Waals surface area contributed by atoms with Crippen LogP contribution in [-0.2, 0) is 13.5 Å². The lowest BCUT2D eigenvalue weighted by Crippen LogP contribution is -2.28. The van der Waals surface area contributed by atoms with Crippen molar-refractivity contribution in [2.24, 2.45) is 12.9 Å². The molecule has 0 aliphatic carbocycles. The van der Waals surface area contributed by atoms with Gasteiger partial charge in [-0.05, 0) is 12.5 Å². The molecule has 20 heavy (non-hydrogen) atoms. The number of aromatic nitrogens is 2. The Morgan fingerprint density at radius 2 is 2.25 bits per heavy atom. The number of rotatable bonds is 5. The second kappa shape index (κ2) is 5.48. The molecule has 0 spiro atoms. The van der Waals surface area contributed by atoms with E-state index in [1.165, 1.54) is 0 Å². The Hall–Kier alpha value is -2.11. The van der Waals surface area contributed by atoms with E-state index in [0.29, 0.717) is 0 Å². The Bertz CT molecular complexity index is 701. The van der Waals surface area contributed by atoms with E-state index < -0.39 is 0 Å². The number of nitrogens with two attached hydrogens (primary N) is 1. The van der Waals surface area contributed by atoms with Gasteiger partial charge in [0.2, 0.25) is 0 Å². The highest BCUT2D eigenvalue weighted by atomic mass is 16.3. The minimum Gasteiger partial charge on any atom is -0.464 e. The van der Waals surface area contributed by atoms with Crippen molar-refractivity contribution in [3.8, 4) is 0 Å². The van der Waals surface area contributed by atoms with Crippen LogP contribution in [0.4, 0.5) is 0 Å². The van der Waals surface area contributed by atoms with E-state index in [1.54, 1.807) is 6.26 Å². The topological polar surface area (TPSA) is 69.0 Å². The zero-order chi connectivity index (χ0) is 13.9. The summed E-state index contributed by atoms with van der Waals surface area (Å²) in [6, 6.07) is 8.04. The van der Waals surface area contributed by atoms with Crippen molar-refractivity contribution in [1.82, 2.24) is 15.0 Å². The van der Waals surface area contributed by atoms with Crippen molar-refractivity contribution < 1.29 is 4.42 Å². The number of hydrogen-bond acceptors (Lipinski definition) is 4. The van der Waals surface area contributed by atoms with Gasteiger partial charge in [0.1, 0.15) is 11.4 Å². The molecular weight excluding hydrogens is 252 g/mol. The third-order valence-electron chi connectivity index (χ3n) is 3.67. The number of nitrogens with one attached hydrogen (secondary N) is 1. The van der Waals surface area contributed by atoms with Crippen LogP contribution in [0.15, 0.2) is 47.3 Å². The van der Waals surface area contributed by atoms with Crippen molar-refractivity contribution in [2.45, 2.75) is 18.9 Å². The van der Waals surface area contributed by atoms with Crippen molar-refractivity contribution >= 4 is 11.0 Å². The Kier molecular flexibility index (Phi) is 3.54. The third-order valence-corrected chi connectivity index (χ3v) is 3.67. The van der Waals surface area contributed by atoms with Gasteiger partial charge in [-0.1, -0.05) is 18.2 Å². The number of nitrogens with zero attached hydrogens (tertiary/aromatic N) is 2. The van der Waals surface area contributed by atoms with Crippen LogP contribution in [0.2, 0.25) is 0 Å². The quantitative estimate of drug-likeness (QED) is 0.551. The number of aryl methyl sites for hydroxylation is 2. The molecule has 0 amide bonds. The molecule has 2 heterocycles. The van der Waals surface area contributed by atoms with Crippen molar-refractivity contribution in [1.29, 1.82) is 0 Å². The first-order chi connectivity index (χ1) is 9.79.